The zero-order chi connectivity index (χ0) is 19.1. The Bertz CT molecular complexity index is 954. The van der Waals surface area contributed by atoms with Crippen molar-refractivity contribution in [3.8, 4) is 11.5 Å². The number of rotatable bonds is 7. The van der Waals surface area contributed by atoms with Crippen molar-refractivity contribution in [2.24, 2.45) is 0 Å². The van der Waals surface area contributed by atoms with E-state index in [1.54, 1.807) is 20.1 Å². The Morgan fingerprint density at radius 2 is 1.81 bits per heavy atom. The van der Waals surface area contributed by atoms with Crippen LogP contribution in [-0.4, -0.2) is 19.7 Å². The monoisotopic (exact) mass is 362 g/mol. The molecule has 0 saturated carbocycles. The van der Waals surface area contributed by atoms with Crippen molar-refractivity contribution in [2.75, 3.05) is 13.7 Å². The number of esters is 1. The molecule has 0 heterocycles. The van der Waals surface area contributed by atoms with Crippen molar-refractivity contribution in [1.82, 2.24) is 0 Å². The lowest BCUT2D eigenvalue weighted by Crippen LogP contribution is -2.00. The average molecular weight is 362 g/mol. The quantitative estimate of drug-likeness (QED) is 0.438. The van der Waals surface area contributed by atoms with Crippen LogP contribution in [0.5, 0.6) is 11.5 Å². The van der Waals surface area contributed by atoms with Crippen LogP contribution >= 0.6 is 0 Å². The fourth-order valence-corrected chi connectivity index (χ4v) is 2.84. The summed E-state index contributed by atoms with van der Waals surface area (Å²) in [6, 6.07) is 19.9. The third kappa shape index (κ3) is 4.67. The van der Waals surface area contributed by atoms with E-state index in [2.05, 4.69) is 24.3 Å². The molecule has 0 aliphatic rings. The van der Waals surface area contributed by atoms with Crippen LogP contribution < -0.4 is 9.47 Å². The van der Waals surface area contributed by atoms with E-state index in [-0.39, 0.29) is 5.97 Å². The number of benzene rings is 3. The fraction of sp³-hybridized carbons (Fsp3) is 0.174. The SMILES string of the molecule is CCOC(=O)/C=C/c1ccc(OC)c(OCc2cccc3ccccc23)c1. The first-order valence-electron chi connectivity index (χ1n) is 8.83. The van der Waals surface area contributed by atoms with E-state index < -0.39 is 0 Å². The molecule has 27 heavy (non-hydrogen) atoms. The molecule has 0 aliphatic carbocycles. The third-order valence-corrected chi connectivity index (χ3v) is 4.15. The smallest absolute Gasteiger partial charge is 0.330 e. The van der Waals surface area contributed by atoms with Gasteiger partial charge in [0.05, 0.1) is 13.7 Å². The number of hydrogen-bond acceptors (Lipinski definition) is 4. The van der Waals surface area contributed by atoms with E-state index in [0.717, 1.165) is 16.5 Å². The Balaban J connectivity index is 1.80. The summed E-state index contributed by atoms with van der Waals surface area (Å²) >= 11 is 0. The van der Waals surface area contributed by atoms with Crippen molar-refractivity contribution in [1.29, 1.82) is 0 Å². The molecule has 0 radical (unpaired) electrons. The molecule has 0 spiro atoms. The van der Waals surface area contributed by atoms with E-state index in [9.17, 15) is 4.79 Å². The Labute approximate surface area is 159 Å². The molecule has 0 saturated heterocycles. The van der Waals surface area contributed by atoms with E-state index in [0.29, 0.717) is 24.7 Å². The Morgan fingerprint density at radius 3 is 2.63 bits per heavy atom. The molecule has 3 rings (SSSR count). The summed E-state index contributed by atoms with van der Waals surface area (Å²) in [5.74, 6) is 0.895. The molecule has 4 heteroatoms. The number of carbonyl (C=O) groups is 1. The van der Waals surface area contributed by atoms with Crippen LogP contribution in [-0.2, 0) is 16.1 Å². The van der Waals surface area contributed by atoms with Gasteiger partial charge in [-0.05, 0) is 47.0 Å². The van der Waals surface area contributed by atoms with Gasteiger partial charge in [0.2, 0.25) is 0 Å². The molecule has 0 atom stereocenters. The average Bonchev–Trinajstić information content (AvgIpc) is 2.71. The van der Waals surface area contributed by atoms with Crippen LogP contribution in [0.1, 0.15) is 18.1 Å². The van der Waals surface area contributed by atoms with Crippen molar-refractivity contribution in [3.05, 3.63) is 77.9 Å². The lowest BCUT2D eigenvalue weighted by Gasteiger charge is -2.13. The van der Waals surface area contributed by atoms with Gasteiger partial charge in [0, 0.05) is 6.08 Å². The molecular formula is C23H22O4. The Hall–Kier alpha value is -3.27. The molecular weight excluding hydrogens is 340 g/mol. The van der Waals surface area contributed by atoms with Gasteiger partial charge in [0.15, 0.2) is 11.5 Å². The maximum Gasteiger partial charge on any atom is 0.330 e. The number of methoxy groups -OCH3 is 1. The van der Waals surface area contributed by atoms with Crippen molar-refractivity contribution in [2.45, 2.75) is 13.5 Å². The molecule has 0 unspecified atom stereocenters. The third-order valence-electron chi connectivity index (χ3n) is 4.15. The van der Waals surface area contributed by atoms with Crippen LogP contribution in [0.3, 0.4) is 0 Å². The molecule has 0 amide bonds. The van der Waals surface area contributed by atoms with Crippen LogP contribution in [0.25, 0.3) is 16.8 Å². The highest BCUT2D eigenvalue weighted by Gasteiger charge is 2.07. The normalized spacial score (nSPS) is 10.9. The standard InChI is InChI=1S/C23H22O4/c1-3-26-23(24)14-12-17-11-13-21(25-2)22(15-17)27-16-19-9-6-8-18-7-4-5-10-20(18)19/h4-15H,3,16H2,1-2H3/b14-12+. The summed E-state index contributed by atoms with van der Waals surface area (Å²) in [4.78, 5) is 11.5. The predicted octanol–water partition coefficient (Wildman–Crippen LogP) is 5.00. The maximum absolute atomic E-state index is 11.5. The van der Waals surface area contributed by atoms with Gasteiger partial charge in [-0.3, -0.25) is 0 Å². The van der Waals surface area contributed by atoms with Gasteiger partial charge in [-0.2, -0.15) is 0 Å². The minimum Gasteiger partial charge on any atom is -0.493 e. The molecule has 0 N–H and O–H groups in total. The molecule has 0 aliphatic heterocycles. The largest absolute Gasteiger partial charge is 0.493 e. The molecule has 0 aromatic heterocycles. The van der Waals surface area contributed by atoms with Crippen molar-refractivity contribution < 1.29 is 19.0 Å². The van der Waals surface area contributed by atoms with E-state index in [1.807, 2.05) is 36.4 Å². The Morgan fingerprint density at radius 1 is 1.00 bits per heavy atom. The van der Waals surface area contributed by atoms with Crippen LogP contribution in [0.4, 0.5) is 0 Å². The van der Waals surface area contributed by atoms with Gasteiger partial charge in [-0.15, -0.1) is 0 Å². The first kappa shape index (κ1) is 18.5. The van der Waals surface area contributed by atoms with Crippen LogP contribution in [0, 0.1) is 0 Å². The zero-order valence-electron chi connectivity index (χ0n) is 15.5. The second kappa shape index (κ2) is 8.90. The summed E-state index contributed by atoms with van der Waals surface area (Å²) in [7, 11) is 1.61. The summed E-state index contributed by atoms with van der Waals surface area (Å²) in [5, 5.41) is 2.34. The van der Waals surface area contributed by atoms with E-state index in [4.69, 9.17) is 14.2 Å². The molecule has 0 bridgehead atoms. The van der Waals surface area contributed by atoms with Crippen molar-refractivity contribution in [3.63, 3.8) is 0 Å². The van der Waals surface area contributed by atoms with Gasteiger partial charge in [0.25, 0.3) is 0 Å². The lowest BCUT2D eigenvalue weighted by atomic mass is 10.1. The maximum atomic E-state index is 11.5. The molecule has 3 aromatic carbocycles. The highest BCUT2D eigenvalue weighted by Crippen LogP contribution is 2.30. The van der Waals surface area contributed by atoms with Gasteiger partial charge < -0.3 is 14.2 Å². The summed E-state index contributed by atoms with van der Waals surface area (Å²) in [5.41, 5.74) is 1.93. The molecule has 138 valence electrons. The highest BCUT2D eigenvalue weighted by molar-refractivity contribution is 5.87. The first-order chi connectivity index (χ1) is 13.2. The minimum absolute atomic E-state index is 0.352. The van der Waals surface area contributed by atoms with Gasteiger partial charge >= 0.3 is 5.97 Å². The predicted molar refractivity (Wildman–Crippen MR) is 107 cm³/mol. The van der Waals surface area contributed by atoms with Gasteiger partial charge in [0.1, 0.15) is 6.61 Å². The number of ether oxygens (including phenoxy) is 3. The second-order valence-corrected chi connectivity index (χ2v) is 5.92. The minimum atomic E-state index is -0.369. The van der Waals surface area contributed by atoms with Crippen LogP contribution in [0.2, 0.25) is 0 Å². The topological polar surface area (TPSA) is 44.8 Å². The number of carbonyl (C=O) groups excluding carboxylic acids is 1. The summed E-state index contributed by atoms with van der Waals surface area (Å²) < 4.78 is 16.3. The summed E-state index contributed by atoms with van der Waals surface area (Å²) in [6.07, 6.45) is 3.10. The zero-order valence-corrected chi connectivity index (χ0v) is 15.5. The van der Waals surface area contributed by atoms with E-state index in [1.165, 1.54) is 11.5 Å². The summed E-state index contributed by atoms with van der Waals surface area (Å²) in [6.45, 7) is 2.55. The highest BCUT2D eigenvalue weighted by atomic mass is 16.5. The lowest BCUT2D eigenvalue weighted by molar-refractivity contribution is -0.137. The van der Waals surface area contributed by atoms with Crippen molar-refractivity contribution >= 4 is 22.8 Å². The number of fused-ring (bicyclic) bond motifs is 1. The first-order valence-corrected chi connectivity index (χ1v) is 8.83. The van der Waals surface area contributed by atoms with Gasteiger partial charge in [-0.1, -0.05) is 48.5 Å². The number of hydrogen-bond donors (Lipinski definition) is 0. The molecule has 4 nitrogen and oxygen atoms in total. The molecule has 3 aromatic rings. The van der Waals surface area contributed by atoms with E-state index >= 15 is 0 Å². The van der Waals surface area contributed by atoms with Crippen LogP contribution in [0.15, 0.2) is 66.7 Å². The fourth-order valence-electron chi connectivity index (χ4n) is 2.84. The molecule has 0 fully saturated rings. The second-order valence-electron chi connectivity index (χ2n) is 5.92. The Kier molecular flexibility index (Phi) is 6.10. The van der Waals surface area contributed by atoms with Gasteiger partial charge in [-0.25, -0.2) is 4.79 Å².